The van der Waals surface area contributed by atoms with Crippen molar-refractivity contribution in [3.63, 3.8) is 0 Å². The largest absolute Gasteiger partial charge is 0.497 e. The average Bonchev–Trinajstić information content (AvgIpc) is 3.37. The number of aromatic amines is 1. The van der Waals surface area contributed by atoms with Crippen LogP contribution in [0.15, 0.2) is 77.3 Å². The number of fused-ring (bicyclic) bond motifs is 4. The number of hydrogen-bond donors (Lipinski definition) is 1. The lowest BCUT2D eigenvalue weighted by atomic mass is 9.89. The molecule has 4 aromatic rings. The monoisotopic (exact) mass is 545 g/mol. The predicted octanol–water partition coefficient (Wildman–Crippen LogP) is 5.22. The molecule has 1 saturated heterocycles. The summed E-state index contributed by atoms with van der Waals surface area (Å²) in [6.45, 7) is 0. The molecule has 0 spiro atoms. The number of nitrogens with one attached hydrogen (secondary N) is 1. The number of imide groups is 1. The van der Waals surface area contributed by atoms with Gasteiger partial charge in [-0.1, -0.05) is 46.3 Å². The molecule has 35 heavy (non-hydrogen) atoms. The molecule has 1 fully saturated rings. The zero-order valence-corrected chi connectivity index (χ0v) is 21.1. The van der Waals surface area contributed by atoms with E-state index in [9.17, 15) is 9.59 Å². The molecule has 174 valence electrons. The fourth-order valence-corrected chi connectivity index (χ4v) is 5.89. The van der Waals surface area contributed by atoms with Crippen molar-refractivity contribution in [3.05, 3.63) is 99.7 Å². The Morgan fingerprint density at radius 3 is 2.54 bits per heavy atom. The summed E-state index contributed by atoms with van der Waals surface area (Å²) >= 11 is 9.39. The highest BCUT2D eigenvalue weighted by Gasteiger charge is 2.52. The summed E-state index contributed by atoms with van der Waals surface area (Å²) in [7, 11) is 1.63. The normalized spacial score (nSPS) is 19.1. The third-order valence-electron chi connectivity index (χ3n) is 6.76. The van der Waals surface area contributed by atoms with Crippen molar-refractivity contribution in [2.45, 2.75) is 18.5 Å². The van der Waals surface area contributed by atoms with Crippen molar-refractivity contribution in [2.24, 2.45) is 0 Å². The number of benzene rings is 3. The summed E-state index contributed by atoms with van der Waals surface area (Å²) < 4.78 is 6.31. The van der Waals surface area contributed by atoms with Crippen LogP contribution in [-0.2, 0) is 11.2 Å². The molecule has 2 aliphatic heterocycles. The predicted molar refractivity (Wildman–Crippen MR) is 140 cm³/mol. The maximum Gasteiger partial charge on any atom is 0.266 e. The maximum absolute atomic E-state index is 13.7. The molecule has 1 N–H and O–H groups in total. The first-order valence-corrected chi connectivity index (χ1v) is 12.4. The molecule has 6 rings (SSSR count). The van der Waals surface area contributed by atoms with Gasteiger partial charge >= 0.3 is 0 Å². The Bertz CT molecular complexity index is 1500. The molecule has 3 heterocycles. The lowest BCUT2D eigenvalue weighted by Gasteiger charge is -2.37. The number of methoxy groups -OCH3 is 1. The van der Waals surface area contributed by atoms with E-state index in [0.717, 1.165) is 42.8 Å². The topological polar surface area (TPSA) is 65.6 Å². The zero-order valence-electron chi connectivity index (χ0n) is 18.7. The van der Waals surface area contributed by atoms with Crippen LogP contribution in [0.3, 0.4) is 0 Å². The molecule has 0 saturated carbocycles. The van der Waals surface area contributed by atoms with Crippen LogP contribution in [-0.4, -0.2) is 44.9 Å². The standard InChI is InChI=1S/C27H20BrN3O3S/c1-34-18-10-7-15(8-11-18)24-23-20(19-13-17(28)9-12-21(19)29-23)14-22-26(33)31(27(35)30(22)24)25(32)16-5-3-2-4-6-16/h2-13,22,24,29H,14H2,1H3. The fraction of sp³-hybridized carbons (Fsp3) is 0.148. The third-order valence-corrected chi connectivity index (χ3v) is 7.65. The van der Waals surface area contributed by atoms with E-state index in [1.165, 1.54) is 0 Å². The highest BCUT2D eigenvalue weighted by molar-refractivity contribution is 9.10. The number of H-pyrrole nitrogens is 1. The van der Waals surface area contributed by atoms with Gasteiger partial charge in [-0.05, 0) is 65.8 Å². The van der Waals surface area contributed by atoms with Gasteiger partial charge in [0.2, 0.25) is 0 Å². The summed E-state index contributed by atoms with van der Waals surface area (Å²) in [5.41, 5.74) is 4.41. The van der Waals surface area contributed by atoms with Gasteiger partial charge in [0.25, 0.3) is 11.8 Å². The Kier molecular flexibility index (Phi) is 5.23. The van der Waals surface area contributed by atoms with E-state index < -0.39 is 11.9 Å². The number of carbonyl (C=O) groups excluding carboxylic acids is 2. The van der Waals surface area contributed by atoms with Gasteiger partial charge in [-0.3, -0.25) is 9.59 Å². The van der Waals surface area contributed by atoms with E-state index in [4.69, 9.17) is 17.0 Å². The van der Waals surface area contributed by atoms with Crippen molar-refractivity contribution in [3.8, 4) is 5.75 Å². The molecule has 6 nitrogen and oxygen atoms in total. The number of halogens is 1. The van der Waals surface area contributed by atoms with Crippen LogP contribution in [0.1, 0.15) is 33.2 Å². The smallest absolute Gasteiger partial charge is 0.266 e. The highest BCUT2D eigenvalue weighted by atomic mass is 79.9. The van der Waals surface area contributed by atoms with Gasteiger partial charge < -0.3 is 14.6 Å². The van der Waals surface area contributed by atoms with Gasteiger partial charge in [0.1, 0.15) is 11.8 Å². The second-order valence-electron chi connectivity index (χ2n) is 8.64. The number of ether oxygens (including phenoxy) is 1. The van der Waals surface area contributed by atoms with Gasteiger partial charge in [0.05, 0.1) is 13.2 Å². The van der Waals surface area contributed by atoms with E-state index in [0.29, 0.717) is 12.0 Å². The van der Waals surface area contributed by atoms with Crippen molar-refractivity contribution in [1.82, 2.24) is 14.8 Å². The molecule has 0 aliphatic carbocycles. The van der Waals surface area contributed by atoms with E-state index in [1.54, 1.807) is 31.4 Å². The van der Waals surface area contributed by atoms with Crippen LogP contribution in [0.5, 0.6) is 5.75 Å². The number of rotatable bonds is 3. The molecule has 2 atom stereocenters. The number of nitrogens with zero attached hydrogens (tertiary/aromatic N) is 2. The quantitative estimate of drug-likeness (QED) is 0.282. The molecule has 2 unspecified atom stereocenters. The molecule has 2 aliphatic rings. The van der Waals surface area contributed by atoms with Crippen LogP contribution < -0.4 is 4.74 Å². The summed E-state index contributed by atoms with van der Waals surface area (Å²) in [4.78, 5) is 33.7. The Balaban J connectivity index is 1.51. The van der Waals surface area contributed by atoms with Gasteiger partial charge in [-0.25, -0.2) is 4.90 Å². The Labute approximate surface area is 215 Å². The number of aromatic nitrogens is 1. The van der Waals surface area contributed by atoms with E-state index >= 15 is 0 Å². The van der Waals surface area contributed by atoms with Crippen molar-refractivity contribution in [1.29, 1.82) is 0 Å². The molecular formula is C27H20BrN3O3S. The highest BCUT2D eigenvalue weighted by Crippen LogP contribution is 2.45. The van der Waals surface area contributed by atoms with E-state index in [1.807, 2.05) is 47.4 Å². The second kappa shape index (κ2) is 8.32. The first-order chi connectivity index (χ1) is 17.0. The minimum absolute atomic E-state index is 0.222. The van der Waals surface area contributed by atoms with Gasteiger partial charge in [-0.15, -0.1) is 0 Å². The summed E-state index contributed by atoms with van der Waals surface area (Å²) in [6, 6.07) is 21.7. The summed E-state index contributed by atoms with van der Waals surface area (Å²) in [5.74, 6) is 0.0416. The van der Waals surface area contributed by atoms with Gasteiger partial charge in [0, 0.05) is 33.1 Å². The van der Waals surface area contributed by atoms with Crippen LogP contribution >= 0.6 is 28.1 Å². The number of carbonyl (C=O) groups is 2. The van der Waals surface area contributed by atoms with E-state index in [2.05, 4.69) is 27.0 Å². The molecular weight excluding hydrogens is 526 g/mol. The minimum atomic E-state index is -0.576. The van der Waals surface area contributed by atoms with Crippen molar-refractivity contribution in [2.75, 3.05) is 7.11 Å². The summed E-state index contributed by atoms with van der Waals surface area (Å²) in [6.07, 6.45) is 0.454. The van der Waals surface area contributed by atoms with Crippen molar-refractivity contribution >= 4 is 56.0 Å². The van der Waals surface area contributed by atoms with Gasteiger partial charge in [-0.2, -0.15) is 0 Å². The average molecular weight is 546 g/mol. The van der Waals surface area contributed by atoms with Crippen LogP contribution in [0, 0.1) is 0 Å². The molecule has 1 aromatic heterocycles. The molecule has 8 heteroatoms. The Morgan fingerprint density at radius 1 is 1.09 bits per heavy atom. The zero-order chi connectivity index (χ0) is 24.3. The molecule has 3 aromatic carbocycles. The molecule has 0 bridgehead atoms. The second-order valence-corrected chi connectivity index (χ2v) is 9.92. The SMILES string of the molecule is COc1ccc(C2c3[nH]c4ccc(Br)cc4c3CC3C(=O)N(C(=O)c4ccccc4)C(=S)N32)cc1. The van der Waals surface area contributed by atoms with Crippen LogP contribution in [0.25, 0.3) is 10.9 Å². The maximum atomic E-state index is 13.7. The van der Waals surface area contributed by atoms with E-state index in [-0.39, 0.29) is 17.1 Å². The van der Waals surface area contributed by atoms with Crippen molar-refractivity contribution < 1.29 is 14.3 Å². The molecule has 2 amide bonds. The number of thiocarbonyl (C=S) groups is 1. The number of amides is 2. The summed E-state index contributed by atoms with van der Waals surface area (Å²) in [5, 5.41) is 1.28. The minimum Gasteiger partial charge on any atom is -0.497 e. The first-order valence-electron chi connectivity index (χ1n) is 11.2. The Hall–Kier alpha value is -3.49. The Morgan fingerprint density at radius 2 is 1.83 bits per heavy atom. The first kappa shape index (κ1) is 22.0. The fourth-order valence-electron chi connectivity index (χ4n) is 5.12. The lowest BCUT2D eigenvalue weighted by molar-refractivity contribution is -0.126. The lowest BCUT2D eigenvalue weighted by Crippen LogP contribution is -2.44. The molecule has 0 radical (unpaired) electrons. The van der Waals surface area contributed by atoms with Crippen LogP contribution in [0.2, 0.25) is 0 Å². The number of hydrogen-bond acceptors (Lipinski definition) is 4. The third kappa shape index (κ3) is 3.39. The van der Waals surface area contributed by atoms with Crippen LogP contribution in [0.4, 0.5) is 0 Å². The van der Waals surface area contributed by atoms with Gasteiger partial charge in [0.15, 0.2) is 5.11 Å².